The van der Waals surface area contributed by atoms with Crippen LogP contribution < -0.4 is 20.3 Å². The van der Waals surface area contributed by atoms with Crippen LogP contribution in [0.4, 0.5) is 22.0 Å². The van der Waals surface area contributed by atoms with Gasteiger partial charge in [-0.1, -0.05) is 18.2 Å². The van der Waals surface area contributed by atoms with Crippen LogP contribution in [0.1, 0.15) is 40.0 Å². The van der Waals surface area contributed by atoms with E-state index in [9.17, 15) is 9.90 Å². The first kappa shape index (κ1) is 27.0. The highest BCUT2D eigenvalue weighted by Crippen LogP contribution is 2.40. The fourth-order valence-electron chi connectivity index (χ4n) is 6.21. The number of para-hydroxylation sites is 1. The molecule has 2 bridgehead atoms. The maximum absolute atomic E-state index is 12.5. The Labute approximate surface area is 240 Å². The highest BCUT2D eigenvalue weighted by Gasteiger charge is 2.41. The van der Waals surface area contributed by atoms with Crippen molar-refractivity contribution < 1.29 is 19.4 Å². The van der Waals surface area contributed by atoms with Gasteiger partial charge in [-0.2, -0.15) is 0 Å². The van der Waals surface area contributed by atoms with Gasteiger partial charge < -0.3 is 35.0 Å². The molecular weight excluding hydrogens is 520 g/mol. The third-order valence-electron chi connectivity index (χ3n) is 8.02. The predicted molar refractivity (Wildman–Crippen MR) is 158 cm³/mol. The van der Waals surface area contributed by atoms with Crippen molar-refractivity contribution in [3.63, 3.8) is 0 Å². The summed E-state index contributed by atoms with van der Waals surface area (Å²) in [5.41, 5.74) is 9.03. The Bertz CT molecular complexity index is 1410. The molecule has 0 saturated carbocycles. The van der Waals surface area contributed by atoms with Crippen molar-refractivity contribution in [1.82, 2.24) is 15.1 Å². The summed E-state index contributed by atoms with van der Waals surface area (Å²) in [5, 5.41) is 18.8. The second kappa shape index (κ2) is 10.6. The van der Waals surface area contributed by atoms with E-state index in [-0.39, 0.29) is 17.9 Å². The molecule has 2 aromatic carbocycles. The van der Waals surface area contributed by atoms with Crippen LogP contribution in [0.3, 0.4) is 0 Å². The second-order valence-corrected chi connectivity index (χ2v) is 12.2. The van der Waals surface area contributed by atoms with Crippen LogP contribution in [-0.2, 0) is 4.74 Å². The van der Waals surface area contributed by atoms with Gasteiger partial charge in [0.05, 0.1) is 17.9 Å². The van der Waals surface area contributed by atoms with Gasteiger partial charge >= 0.3 is 6.09 Å². The van der Waals surface area contributed by atoms with E-state index in [2.05, 4.69) is 32.1 Å². The van der Waals surface area contributed by atoms with Gasteiger partial charge in [0, 0.05) is 55.5 Å². The van der Waals surface area contributed by atoms with Crippen LogP contribution in [0.25, 0.3) is 11.3 Å². The van der Waals surface area contributed by atoms with E-state index in [1.54, 1.807) is 17.0 Å². The molecule has 4 heterocycles. The number of phenolic OH excluding ortho intramolecular Hbond substituents is 1. The summed E-state index contributed by atoms with van der Waals surface area (Å²) >= 11 is 0. The molecule has 1 amide bonds. The van der Waals surface area contributed by atoms with Crippen LogP contribution >= 0.6 is 0 Å². The van der Waals surface area contributed by atoms with Gasteiger partial charge in [-0.15, -0.1) is 10.2 Å². The first-order valence-corrected chi connectivity index (χ1v) is 14.3. The molecule has 41 heavy (non-hydrogen) atoms. The fraction of sp³-hybridized carbons (Fsp3) is 0.452. The Balaban J connectivity index is 1.14. The lowest BCUT2D eigenvalue weighted by Gasteiger charge is -2.43. The molecule has 0 radical (unpaired) electrons. The molecule has 0 spiro atoms. The van der Waals surface area contributed by atoms with E-state index in [1.165, 1.54) is 0 Å². The lowest BCUT2D eigenvalue weighted by molar-refractivity contribution is 0.0275. The number of aromatic nitrogens is 2. The van der Waals surface area contributed by atoms with E-state index >= 15 is 0 Å². The maximum atomic E-state index is 12.5. The number of piperazine rings is 1. The number of nitrogen functional groups attached to an aromatic ring is 1. The van der Waals surface area contributed by atoms with Crippen LogP contribution in [-0.4, -0.2) is 76.3 Å². The summed E-state index contributed by atoms with van der Waals surface area (Å²) in [7, 11) is 0. The number of hydrogen-bond acceptors (Lipinski definition) is 9. The standard InChI is InChI=1S/C31H38N6O4/c1-31(2,3)41-30(39)35-14-13-24(19-35)40-23-8-6-7-20(15-23)37-21-11-12-22(37)18-36(17-21)27-16-26(33-34-29(27)32)25-9-4-5-10-28(25)38/h4-10,15-16,21-22,24,38H,11-14,17-19H2,1-3H3,(H2,32,34)/t21-,22+,24-/m0/s1. The first-order chi connectivity index (χ1) is 19.6. The Morgan fingerprint density at radius 2 is 1.73 bits per heavy atom. The number of ether oxygens (including phenoxy) is 2. The second-order valence-electron chi connectivity index (χ2n) is 12.2. The Morgan fingerprint density at radius 1 is 0.976 bits per heavy atom. The number of nitrogens with zero attached hydrogens (tertiary/aromatic N) is 5. The highest BCUT2D eigenvalue weighted by molar-refractivity contribution is 5.74. The number of hydrogen-bond donors (Lipinski definition) is 2. The molecule has 3 fully saturated rings. The van der Waals surface area contributed by atoms with E-state index in [0.717, 1.165) is 49.5 Å². The smallest absolute Gasteiger partial charge is 0.410 e. The molecular formula is C31H38N6O4. The monoisotopic (exact) mass is 558 g/mol. The summed E-state index contributed by atoms with van der Waals surface area (Å²) in [5.74, 6) is 1.37. The van der Waals surface area contributed by atoms with Crippen LogP contribution in [0.15, 0.2) is 54.6 Å². The number of carbonyl (C=O) groups is 1. The fourth-order valence-corrected chi connectivity index (χ4v) is 6.21. The van der Waals surface area contributed by atoms with Crippen molar-refractivity contribution in [3.8, 4) is 22.8 Å². The van der Waals surface area contributed by atoms with E-state index < -0.39 is 5.60 Å². The van der Waals surface area contributed by atoms with Gasteiger partial charge in [-0.05, 0) is 63.9 Å². The Kier molecular flexibility index (Phi) is 7.01. The zero-order valence-electron chi connectivity index (χ0n) is 23.9. The molecule has 3 N–H and O–H groups in total. The minimum Gasteiger partial charge on any atom is -0.507 e. The number of likely N-dealkylation sites (tertiary alicyclic amines) is 1. The third-order valence-corrected chi connectivity index (χ3v) is 8.02. The van der Waals surface area contributed by atoms with Crippen molar-refractivity contribution >= 4 is 23.3 Å². The molecule has 3 aliphatic heterocycles. The maximum Gasteiger partial charge on any atom is 0.410 e. The summed E-state index contributed by atoms with van der Waals surface area (Å²) in [6.45, 7) is 8.41. The zero-order chi connectivity index (χ0) is 28.7. The predicted octanol–water partition coefficient (Wildman–Crippen LogP) is 4.68. The molecule has 3 aromatic rings. The molecule has 0 unspecified atom stereocenters. The Hall–Kier alpha value is -4.21. The number of benzene rings is 2. The lowest BCUT2D eigenvalue weighted by Crippen LogP contribution is -2.54. The molecule has 3 saturated heterocycles. The van der Waals surface area contributed by atoms with Crippen molar-refractivity contribution in [2.24, 2.45) is 0 Å². The number of carbonyl (C=O) groups excluding carboxylic acids is 1. The number of phenols is 1. The van der Waals surface area contributed by atoms with Crippen molar-refractivity contribution in [3.05, 3.63) is 54.6 Å². The topological polar surface area (TPSA) is 117 Å². The van der Waals surface area contributed by atoms with Crippen LogP contribution in [0.5, 0.6) is 11.5 Å². The number of amides is 1. The van der Waals surface area contributed by atoms with Crippen molar-refractivity contribution in [2.75, 3.05) is 41.7 Å². The molecule has 3 aliphatic rings. The first-order valence-electron chi connectivity index (χ1n) is 14.3. The van der Waals surface area contributed by atoms with Gasteiger partial charge in [0.1, 0.15) is 23.2 Å². The molecule has 10 heteroatoms. The third kappa shape index (κ3) is 5.68. The lowest BCUT2D eigenvalue weighted by atomic mass is 10.1. The largest absolute Gasteiger partial charge is 0.507 e. The van der Waals surface area contributed by atoms with E-state index in [4.69, 9.17) is 15.2 Å². The summed E-state index contributed by atoms with van der Waals surface area (Å²) in [4.78, 5) is 19.0. The number of fused-ring (bicyclic) bond motifs is 2. The van der Waals surface area contributed by atoms with Gasteiger partial charge in [0.25, 0.3) is 0 Å². The molecule has 6 rings (SSSR count). The zero-order valence-corrected chi connectivity index (χ0v) is 23.9. The normalized spacial score (nSPS) is 22.2. The molecule has 216 valence electrons. The van der Waals surface area contributed by atoms with E-state index in [1.807, 2.05) is 51.1 Å². The van der Waals surface area contributed by atoms with Gasteiger partial charge in [0.2, 0.25) is 0 Å². The Morgan fingerprint density at radius 3 is 2.46 bits per heavy atom. The molecule has 10 nitrogen and oxygen atoms in total. The average Bonchev–Trinajstić information content (AvgIpc) is 3.50. The van der Waals surface area contributed by atoms with E-state index in [0.29, 0.717) is 42.2 Å². The molecule has 1 aromatic heterocycles. The van der Waals surface area contributed by atoms with Crippen LogP contribution in [0, 0.1) is 0 Å². The number of aromatic hydroxyl groups is 1. The number of nitrogens with two attached hydrogens (primary N) is 1. The van der Waals surface area contributed by atoms with Gasteiger partial charge in [-0.3, -0.25) is 0 Å². The SMILES string of the molecule is CC(C)(C)OC(=O)N1CC[C@H](Oc2cccc(N3[C@@H]4CC[C@H]3CN(c3cc(-c5ccccc5O)nnc3N)C4)c2)C1. The molecule has 3 atom stereocenters. The summed E-state index contributed by atoms with van der Waals surface area (Å²) in [6, 6.07) is 18.0. The number of anilines is 3. The minimum atomic E-state index is -0.513. The molecule has 0 aliphatic carbocycles. The van der Waals surface area contributed by atoms with Crippen LogP contribution in [0.2, 0.25) is 0 Å². The quantitative estimate of drug-likeness (QED) is 0.460. The minimum absolute atomic E-state index is 0.0632. The number of rotatable bonds is 5. The van der Waals surface area contributed by atoms with Gasteiger partial charge in [-0.25, -0.2) is 4.79 Å². The van der Waals surface area contributed by atoms with Crippen molar-refractivity contribution in [2.45, 2.75) is 63.8 Å². The highest BCUT2D eigenvalue weighted by atomic mass is 16.6. The van der Waals surface area contributed by atoms with Crippen molar-refractivity contribution in [1.29, 1.82) is 0 Å². The van der Waals surface area contributed by atoms with Gasteiger partial charge in [0.15, 0.2) is 5.82 Å². The summed E-state index contributed by atoms with van der Waals surface area (Å²) < 4.78 is 11.9. The summed E-state index contributed by atoms with van der Waals surface area (Å²) in [6.07, 6.45) is 2.60. The average molecular weight is 559 g/mol.